The van der Waals surface area contributed by atoms with Crippen LogP contribution in [0.4, 0.5) is 4.39 Å². The van der Waals surface area contributed by atoms with Crippen molar-refractivity contribution in [3.63, 3.8) is 0 Å². The number of nitrogens with two attached hydrogens (primary N) is 1. The van der Waals surface area contributed by atoms with Crippen molar-refractivity contribution in [3.8, 4) is 0 Å². The molecule has 0 fully saturated rings. The van der Waals surface area contributed by atoms with Gasteiger partial charge in [0.2, 0.25) is 0 Å². The molecule has 0 heterocycles. The van der Waals surface area contributed by atoms with Crippen LogP contribution in [0.15, 0.2) is 34.8 Å². The van der Waals surface area contributed by atoms with Gasteiger partial charge in [0.05, 0.1) is 4.47 Å². The zero-order valence-electron chi connectivity index (χ0n) is 8.56. The maximum absolute atomic E-state index is 13.3. The van der Waals surface area contributed by atoms with Gasteiger partial charge in [-0.2, -0.15) is 0 Å². The van der Waals surface area contributed by atoms with Gasteiger partial charge in [0.25, 0.3) is 0 Å². The Morgan fingerprint density at radius 1 is 1.67 bits per heavy atom. The summed E-state index contributed by atoms with van der Waals surface area (Å²) in [6.45, 7) is 5.73. The van der Waals surface area contributed by atoms with E-state index in [1.807, 2.05) is 13.0 Å². The molecular weight excluding hydrogens is 259 g/mol. The first-order valence-corrected chi connectivity index (χ1v) is 5.39. The van der Waals surface area contributed by atoms with E-state index in [1.165, 1.54) is 6.07 Å². The first kappa shape index (κ1) is 12.4. The first-order chi connectivity index (χ1) is 7.04. The maximum atomic E-state index is 13.3. The van der Waals surface area contributed by atoms with Crippen LogP contribution in [-0.4, -0.2) is 0 Å². The Kier molecular flexibility index (Phi) is 4.45. The Hall–Kier alpha value is -0.710. The van der Waals surface area contributed by atoms with Crippen LogP contribution >= 0.6 is 15.9 Å². The molecule has 0 aliphatic rings. The molecule has 0 radical (unpaired) electrons. The van der Waals surface area contributed by atoms with E-state index in [2.05, 4.69) is 27.9 Å². The zero-order chi connectivity index (χ0) is 11.4. The van der Waals surface area contributed by atoms with Gasteiger partial charge < -0.3 is 0 Å². The Labute approximate surface area is 97.5 Å². The predicted octanol–water partition coefficient (Wildman–Crippen LogP) is 3.06. The number of hydrogen-bond donors (Lipinski definition) is 2. The third-order valence-corrected chi connectivity index (χ3v) is 2.74. The van der Waals surface area contributed by atoms with Gasteiger partial charge in [-0.05, 0) is 47.0 Å². The van der Waals surface area contributed by atoms with E-state index in [-0.39, 0.29) is 11.9 Å². The quantitative estimate of drug-likeness (QED) is 0.502. The number of hydrazine groups is 1. The molecule has 0 spiro atoms. The van der Waals surface area contributed by atoms with Crippen molar-refractivity contribution < 1.29 is 4.39 Å². The van der Waals surface area contributed by atoms with E-state index in [0.717, 1.165) is 11.1 Å². The Balaban J connectivity index is 2.92. The lowest BCUT2D eigenvalue weighted by Crippen LogP contribution is -2.28. The third kappa shape index (κ3) is 3.41. The van der Waals surface area contributed by atoms with E-state index in [0.29, 0.717) is 10.9 Å². The molecular formula is C11H14BrFN2. The fourth-order valence-electron chi connectivity index (χ4n) is 1.35. The molecule has 0 amide bonds. The summed E-state index contributed by atoms with van der Waals surface area (Å²) in [6, 6.07) is 4.89. The third-order valence-electron chi connectivity index (χ3n) is 2.10. The summed E-state index contributed by atoms with van der Waals surface area (Å²) in [5, 5.41) is 0. The first-order valence-electron chi connectivity index (χ1n) is 4.60. The Morgan fingerprint density at radius 2 is 2.33 bits per heavy atom. The number of benzene rings is 1. The molecule has 4 heteroatoms. The molecule has 1 aromatic carbocycles. The minimum Gasteiger partial charge on any atom is -0.271 e. The van der Waals surface area contributed by atoms with Gasteiger partial charge >= 0.3 is 0 Å². The molecule has 0 saturated carbocycles. The second-order valence-electron chi connectivity index (χ2n) is 3.55. The summed E-state index contributed by atoms with van der Waals surface area (Å²) in [5.41, 5.74) is 4.48. The van der Waals surface area contributed by atoms with Gasteiger partial charge in [-0.1, -0.05) is 11.6 Å². The summed E-state index contributed by atoms with van der Waals surface area (Å²) in [6.07, 6.45) is 0.692. The van der Waals surface area contributed by atoms with Crippen LogP contribution in [-0.2, 0) is 0 Å². The molecule has 2 nitrogen and oxygen atoms in total. The van der Waals surface area contributed by atoms with Crippen molar-refractivity contribution in [1.82, 2.24) is 5.43 Å². The SMILES string of the molecule is C=C(C)CC(NN)c1ccc(Br)c(F)c1. The van der Waals surface area contributed by atoms with Gasteiger partial charge in [0.1, 0.15) is 5.82 Å². The van der Waals surface area contributed by atoms with Gasteiger partial charge in [-0.3, -0.25) is 11.3 Å². The summed E-state index contributed by atoms with van der Waals surface area (Å²) in [5.74, 6) is 5.13. The minimum atomic E-state index is -0.283. The topological polar surface area (TPSA) is 38.0 Å². The fourth-order valence-corrected chi connectivity index (χ4v) is 1.60. The smallest absolute Gasteiger partial charge is 0.137 e. The highest BCUT2D eigenvalue weighted by Gasteiger charge is 2.11. The predicted molar refractivity (Wildman–Crippen MR) is 63.6 cm³/mol. The van der Waals surface area contributed by atoms with Crippen molar-refractivity contribution in [1.29, 1.82) is 0 Å². The van der Waals surface area contributed by atoms with Crippen LogP contribution in [0.25, 0.3) is 0 Å². The molecule has 1 aromatic rings. The van der Waals surface area contributed by atoms with Crippen molar-refractivity contribution >= 4 is 15.9 Å². The molecule has 0 aliphatic carbocycles. The van der Waals surface area contributed by atoms with Crippen LogP contribution in [0.5, 0.6) is 0 Å². The van der Waals surface area contributed by atoms with Crippen LogP contribution in [0, 0.1) is 5.82 Å². The van der Waals surface area contributed by atoms with E-state index in [4.69, 9.17) is 5.84 Å². The van der Waals surface area contributed by atoms with Gasteiger partial charge in [-0.25, -0.2) is 4.39 Å². The molecule has 0 aromatic heterocycles. The van der Waals surface area contributed by atoms with Gasteiger partial charge in [0.15, 0.2) is 0 Å². The lowest BCUT2D eigenvalue weighted by Gasteiger charge is -2.16. The van der Waals surface area contributed by atoms with Crippen LogP contribution in [0.3, 0.4) is 0 Å². The normalized spacial score (nSPS) is 12.5. The highest BCUT2D eigenvalue weighted by molar-refractivity contribution is 9.10. The van der Waals surface area contributed by atoms with E-state index < -0.39 is 0 Å². The molecule has 82 valence electrons. The van der Waals surface area contributed by atoms with Gasteiger partial charge in [0, 0.05) is 6.04 Å². The standard InChI is InChI=1S/C11H14BrFN2/c1-7(2)5-11(15-14)8-3-4-9(12)10(13)6-8/h3-4,6,11,15H,1,5,14H2,2H3. The van der Waals surface area contributed by atoms with Gasteiger partial charge in [-0.15, -0.1) is 6.58 Å². The number of nitrogens with one attached hydrogen (secondary N) is 1. The lowest BCUT2D eigenvalue weighted by molar-refractivity contribution is 0.542. The fraction of sp³-hybridized carbons (Fsp3) is 0.273. The summed E-state index contributed by atoms with van der Waals surface area (Å²) in [7, 11) is 0. The molecule has 1 atom stereocenters. The minimum absolute atomic E-state index is 0.0925. The maximum Gasteiger partial charge on any atom is 0.137 e. The number of rotatable bonds is 4. The van der Waals surface area contributed by atoms with Crippen LogP contribution in [0.1, 0.15) is 24.9 Å². The highest BCUT2D eigenvalue weighted by Crippen LogP contribution is 2.23. The molecule has 3 N–H and O–H groups in total. The summed E-state index contributed by atoms with van der Waals surface area (Å²) >= 11 is 3.11. The molecule has 0 bridgehead atoms. The number of hydrogen-bond acceptors (Lipinski definition) is 2. The number of halogens is 2. The van der Waals surface area contributed by atoms with Crippen molar-refractivity contribution in [2.24, 2.45) is 5.84 Å². The molecule has 1 rings (SSSR count). The van der Waals surface area contributed by atoms with E-state index in [9.17, 15) is 4.39 Å². The highest BCUT2D eigenvalue weighted by atomic mass is 79.9. The Bertz CT molecular complexity index is 366. The second kappa shape index (κ2) is 5.39. The zero-order valence-corrected chi connectivity index (χ0v) is 10.1. The monoisotopic (exact) mass is 272 g/mol. The lowest BCUT2D eigenvalue weighted by atomic mass is 10.0. The van der Waals surface area contributed by atoms with Crippen molar-refractivity contribution in [2.45, 2.75) is 19.4 Å². The average molecular weight is 273 g/mol. The van der Waals surface area contributed by atoms with E-state index in [1.54, 1.807) is 6.07 Å². The molecule has 0 saturated heterocycles. The Morgan fingerprint density at radius 3 is 2.80 bits per heavy atom. The van der Waals surface area contributed by atoms with Crippen molar-refractivity contribution in [2.75, 3.05) is 0 Å². The average Bonchev–Trinajstić information content (AvgIpc) is 2.18. The summed E-state index contributed by atoms with van der Waals surface area (Å²) < 4.78 is 13.7. The van der Waals surface area contributed by atoms with E-state index >= 15 is 0 Å². The molecule has 15 heavy (non-hydrogen) atoms. The molecule has 0 aliphatic heterocycles. The largest absolute Gasteiger partial charge is 0.271 e. The van der Waals surface area contributed by atoms with Crippen LogP contribution < -0.4 is 11.3 Å². The van der Waals surface area contributed by atoms with Crippen molar-refractivity contribution in [3.05, 3.63) is 46.2 Å². The second-order valence-corrected chi connectivity index (χ2v) is 4.41. The molecule has 1 unspecified atom stereocenters. The summed E-state index contributed by atoms with van der Waals surface area (Å²) in [4.78, 5) is 0. The van der Waals surface area contributed by atoms with Crippen LogP contribution in [0.2, 0.25) is 0 Å².